The Balaban J connectivity index is 1.18. The molecule has 0 amide bonds. The number of esters is 1. The van der Waals surface area contributed by atoms with Crippen LogP contribution >= 0.6 is 0 Å². The Bertz CT molecular complexity index is 970. The molecule has 198 valence electrons. The van der Waals surface area contributed by atoms with E-state index in [0.29, 0.717) is 46.2 Å². The molecule has 8 rings (SSSR count). The first kappa shape index (κ1) is 23.9. The third kappa shape index (κ3) is 3.04. The maximum Gasteiger partial charge on any atom is 0.333 e. The van der Waals surface area contributed by atoms with E-state index < -0.39 is 6.29 Å². The molecule has 0 aromatic carbocycles. The molecule has 0 heterocycles. The van der Waals surface area contributed by atoms with Crippen LogP contribution in [0.15, 0.2) is 24.3 Å². The number of hydrogen-bond donors (Lipinski definition) is 1. The number of aliphatic hydroxyl groups is 1. The van der Waals surface area contributed by atoms with Gasteiger partial charge in [0.2, 0.25) is 0 Å². The van der Waals surface area contributed by atoms with Gasteiger partial charge < -0.3 is 14.6 Å². The second kappa shape index (κ2) is 7.72. The largest absolute Gasteiger partial charge is 0.455 e. The molecule has 1 N–H and O–H groups in total. The minimum Gasteiger partial charge on any atom is -0.455 e. The summed E-state index contributed by atoms with van der Waals surface area (Å²) in [4.78, 5) is 13.0. The number of aliphatic hydroxyl groups excluding tert-OH is 1. The van der Waals surface area contributed by atoms with Crippen molar-refractivity contribution >= 4 is 5.97 Å². The monoisotopic (exact) mass is 494 g/mol. The number of rotatable bonds is 8. The predicted octanol–water partition coefficient (Wildman–Crippen LogP) is 6.43. The molecule has 7 bridgehead atoms. The summed E-state index contributed by atoms with van der Waals surface area (Å²) in [6, 6.07) is 0. The second-order valence-corrected chi connectivity index (χ2v) is 14.9. The number of ether oxygens (including phenoxy) is 2. The van der Waals surface area contributed by atoms with Gasteiger partial charge >= 0.3 is 5.97 Å². The average Bonchev–Trinajstić information content (AvgIpc) is 3.11. The Morgan fingerprint density at radius 3 is 2.25 bits per heavy atom. The fourth-order valence-corrected chi connectivity index (χ4v) is 12.0. The molecule has 8 saturated carbocycles. The normalized spacial score (nSPS) is 53.7. The van der Waals surface area contributed by atoms with Gasteiger partial charge in [-0.05, 0) is 156 Å². The van der Waals surface area contributed by atoms with Crippen LogP contribution in [0.4, 0.5) is 0 Å². The zero-order valence-electron chi connectivity index (χ0n) is 22.6. The lowest BCUT2D eigenvalue weighted by molar-refractivity contribution is -0.224. The summed E-state index contributed by atoms with van der Waals surface area (Å²) in [7, 11) is 0. The van der Waals surface area contributed by atoms with E-state index in [4.69, 9.17) is 9.47 Å². The lowest BCUT2D eigenvalue weighted by Gasteiger charge is -2.60. The number of fused-ring (bicyclic) bond motifs is 2. The van der Waals surface area contributed by atoms with Crippen molar-refractivity contribution in [3.63, 3.8) is 0 Å². The molecular formula is C32H46O4. The molecular weight excluding hydrogens is 448 g/mol. The first-order chi connectivity index (χ1) is 17.1. The molecule has 8 atom stereocenters. The molecule has 4 nitrogen and oxygen atoms in total. The van der Waals surface area contributed by atoms with Gasteiger partial charge in [0.1, 0.15) is 5.60 Å². The molecule has 36 heavy (non-hydrogen) atoms. The maximum atomic E-state index is 13.0. The van der Waals surface area contributed by atoms with E-state index in [1.807, 2.05) is 6.92 Å². The van der Waals surface area contributed by atoms with Gasteiger partial charge in [0, 0.05) is 5.57 Å². The van der Waals surface area contributed by atoms with E-state index >= 15 is 0 Å². The van der Waals surface area contributed by atoms with Gasteiger partial charge in [-0.15, -0.1) is 0 Å². The van der Waals surface area contributed by atoms with Gasteiger partial charge in [-0.3, -0.25) is 0 Å². The van der Waals surface area contributed by atoms with Crippen molar-refractivity contribution in [3.05, 3.63) is 24.3 Å². The Kier molecular flexibility index (Phi) is 5.13. The van der Waals surface area contributed by atoms with Crippen molar-refractivity contribution in [3.8, 4) is 0 Å². The minimum atomic E-state index is -0.878. The molecule has 8 aliphatic rings. The highest BCUT2D eigenvalue weighted by Crippen LogP contribution is 2.80. The van der Waals surface area contributed by atoms with Crippen LogP contribution in [-0.4, -0.2) is 28.6 Å². The first-order valence-electron chi connectivity index (χ1n) is 15.0. The topological polar surface area (TPSA) is 55.8 Å². The molecule has 0 radical (unpaired) electrons. The Hall–Kier alpha value is -1.13. The van der Waals surface area contributed by atoms with Crippen LogP contribution < -0.4 is 0 Å². The number of carbonyl (C=O) groups excluding carboxylic acids is 1. The van der Waals surface area contributed by atoms with Crippen LogP contribution in [0.2, 0.25) is 0 Å². The molecule has 0 aromatic heterocycles. The zero-order chi connectivity index (χ0) is 25.2. The van der Waals surface area contributed by atoms with Crippen molar-refractivity contribution in [1.82, 2.24) is 0 Å². The quantitative estimate of drug-likeness (QED) is 0.183. The molecule has 0 aliphatic heterocycles. The fraction of sp³-hybridized carbons (Fsp3) is 0.844. The lowest BCUT2D eigenvalue weighted by Crippen LogP contribution is -2.60. The molecule has 0 saturated heterocycles. The van der Waals surface area contributed by atoms with E-state index in [2.05, 4.69) is 20.1 Å². The van der Waals surface area contributed by atoms with Crippen LogP contribution in [0.3, 0.4) is 0 Å². The summed E-state index contributed by atoms with van der Waals surface area (Å²) in [6.45, 7) is 13.9. The van der Waals surface area contributed by atoms with Crippen LogP contribution in [0.5, 0.6) is 0 Å². The Morgan fingerprint density at radius 2 is 1.64 bits per heavy atom. The summed E-state index contributed by atoms with van der Waals surface area (Å²) in [5.74, 6) is 5.81. The first-order valence-corrected chi connectivity index (χ1v) is 15.0. The summed E-state index contributed by atoms with van der Waals surface area (Å²) < 4.78 is 13.1. The third-order valence-electron chi connectivity index (χ3n) is 13.2. The van der Waals surface area contributed by atoms with Crippen molar-refractivity contribution in [2.45, 2.75) is 109 Å². The third-order valence-corrected chi connectivity index (χ3v) is 13.2. The van der Waals surface area contributed by atoms with Gasteiger partial charge in [-0.25, -0.2) is 4.79 Å². The molecule has 1 spiro atoms. The highest BCUT2D eigenvalue weighted by atomic mass is 16.6. The van der Waals surface area contributed by atoms with Gasteiger partial charge in [-0.1, -0.05) is 13.2 Å². The average molecular weight is 495 g/mol. The molecule has 0 aromatic rings. The van der Waals surface area contributed by atoms with Gasteiger partial charge in [-0.2, -0.15) is 0 Å². The number of hydrogen-bond acceptors (Lipinski definition) is 4. The minimum absolute atomic E-state index is 0.175. The summed E-state index contributed by atoms with van der Waals surface area (Å²) >= 11 is 0. The lowest BCUT2D eigenvalue weighted by atomic mass is 9.48. The molecule has 8 fully saturated rings. The Morgan fingerprint density at radius 1 is 0.972 bits per heavy atom. The van der Waals surface area contributed by atoms with Crippen molar-refractivity contribution in [1.29, 1.82) is 0 Å². The Labute approximate surface area is 217 Å². The van der Waals surface area contributed by atoms with Gasteiger partial charge in [0.25, 0.3) is 0 Å². The maximum absolute atomic E-state index is 13.0. The highest BCUT2D eigenvalue weighted by Gasteiger charge is 2.77. The summed E-state index contributed by atoms with van der Waals surface area (Å²) in [5.41, 5.74) is 1.12. The van der Waals surface area contributed by atoms with E-state index in [9.17, 15) is 9.90 Å². The van der Waals surface area contributed by atoms with E-state index in [0.717, 1.165) is 36.5 Å². The standard InChI is InChI=1S/C32H46O4/c1-17(2)28(33)35-30(5)26-16-31-15-21(13-22(31)14-27(30)31)25(26)6-7-32(36-29(34)18(3)4)23-9-19-8-20(11-23)12-24(32)10-19/h19-28,33H,1,3,6-16H2,2,4-5H3. The summed E-state index contributed by atoms with van der Waals surface area (Å²) in [6.07, 6.45) is 12.9. The van der Waals surface area contributed by atoms with Crippen molar-refractivity contribution < 1.29 is 19.4 Å². The van der Waals surface area contributed by atoms with Gasteiger partial charge in [0.15, 0.2) is 6.29 Å². The van der Waals surface area contributed by atoms with Crippen LogP contribution in [-0.2, 0) is 14.3 Å². The zero-order valence-corrected chi connectivity index (χ0v) is 22.6. The molecule has 8 aliphatic carbocycles. The van der Waals surface area contributed by atoms with E-state index in [1.54, 1.807) is 6.92 Å². The van der Waals surface area contributed by atoms with E-state index in [-0.39, 0.29) is 17.2 Å². The van der Waals surface area contributed by atoms with Crippen molar-refractivity contribution in [2.75, 3.05) is 0 Å². The molecule has 4 heteroatoms. The smallest absolute Gasteiger partial charge is 0.333 e. The summed E-state index contributed by atoms with van der Waals surface area (Å²) in [5, 5.41) is 10.7. The highest BCUT2D eigenvalue weighted by molar-refractivity contribution is 5.87. The fourth-order valence-electron chi connectivity index (χ4n) is 12.0. The SMILES string of the molecule is C=C(C)C(=O)OC1(CCC2C3CC4CC5C4(C3)CC2C5(C)OC(O)C(=C)C)C2CC3CC(C2)CC1C3. The second-order valence-electron chi connectivity index (χ2n) is 14.9. The van der Waals surface area contributed by atoms with E-state index in [1.165, 1.54) is 57.8 Å². The van der Waals surface area contributed by atoms with Crippen LogP contribution in [0, 0.1) is 58.7 Å². The van der Waals surface area contributed by atoms with Gasteiger partial charge in [0.05, 0.1) is 5.60 Å². The van der Waals surface area contributed by atoms with Crippen LogP contribution in [0.25, 0.3) is 0 Å². The number of carbonyl (C=O) groups is 1. The van der Waals surface area contributed by atoms with Crippen LogP contribution in [0.1, 0.15) is 91.4 Å². The molecule has 8 unspecified atom stereocenters. The predicted molar refractivity (Wildman–Crippen MR) is 139 cm³/mol. The van der Waals surface area contributed by atoms with Crippen molar-refractivity contribution in [2.24, 2.45) is 58.7 Å².